The van der Waals surface area contributed by atoms with E-state index in [-0.39, 0.29) is 29.9 Å². The number of nitrogens with zero attached hydrogens (tertiary/aromatic N) is 1. The van der Waals surface area contributed by atoms with Gasteiger partial charge in [0, 0.05) is 32.0 Å². The maximum Gasteiger partial charge on any atom is 0.409 e. The minimum Gasteiger partial charge on any atom is -0.489 e. The van der Waals surface area contributed by atoms with Crippen molar-refractivity contribution in [1.29, 1.82) is 0 Å². The summed E-state index contributed by atoms with van der Waals surface area (Å²) in [6.07, 6.45) is 7.38. The van der Waals surface area contributed by atoms with Gasteiger partial charge < -0.3 is 25.0 Å². The van der Waals surface area contributed by atoms with Gasteiger partial charge >= 0.3 is 6.09 Å². The van der Waals surface area contributed by atoms with Crippen molar-refractivity contribution >= 4 is 17.9 Å². The normalized spacial score (nSPS) is 17.0. The summed E-state index contributed by atoms with van der Waals surface area (Å²) >= 11 is 0. The standard InChI is InChI=1S/C34H47N3O5/c1-25(2)23-42-34(40)37-19-17-27(18-20-37)22-32(38)36-31(33(39)35-29-11-7-4-8-12-29)21-26-13-15-30(16-14-26)41-24-28-9-5-3-6-10-28/h3,5-6,9-10,13-16,25,27,29,31H,4,7-8,11-12,17-24H2,1-2H3,(H,35,39)(H,36,38)/t31-/m0/s1. The molecule has 1 saturated carbocycles. The van der Waals surface area contributed by atoms with Crippen molar-refractivity contribution in [2.75, 3.05) is 19.7 Å². The van der Waals surface area contributed by atoms with Crippen LogP contribution >= 0.6 is 0 Å². The second-order valence-electron chi connectivity index (χ2n) is 12.2. The summed E-state index contributed by atoms with van der Waals surface area (Å²) < 4.78 is 11.3. The smallest absolute Gasteiger partial charge is 0.409 e. The first-order valence-electron chi connectivity index (χ1n) is 15.6. The van der Waals surface area contributed by atoms with E-state index in [1.165, 1.54) is 6.42 Å². The third kappa shape index (κ3) is 10.4. The molecule has 42 heavy (non-hydrogen) atoms. The lowest BCUT2D eigenvalue weighted by molar-refractivity contribution is -0.130. The van der Waals surface area contributed by atoms with Crippen molar-refractivity contribution in [2.24, 2.45) is 11.8 Å². The molecule has 228 valence electrons. The van der Waals surface area contributed by atoms with E-state index in [1.54, 1.807) is 4.90 Å². The Morgan fingerprint density at radius 1 is 0.881 bits per heavy atom. The van der Waals surface area contributed by atoms with Crippen LogP contribution in [0.5, 0.6) is 5.75 Å². The highest BCUT2D eigenvalue weighted by Crippen LogP contribution is 2.22. The zero-order valence-corrected chi connectivity index (χ0v) is 25.2. The Morgan fingerprint density at radius 3 is 2.24 bits per heavy atom. The highest BCUT2D eigenvalue weighted by Gasteiger charge is 2.28. The Balaban J connectivity index is 1.30. The van der Waals surface area contributed by atoms with Crippen LogP contribution in [0.25, 0.3) is 0 Å². The number of rotatable bonds is 12. The number of ether oxygens (including phenoxy) is 2. The maximum absolute atomic E-state index is 13.4. The largest absolute Gasteiger partial charge is 0.489 e. The van der Waals surface area contributed by atoms with Crippen LogP contribution in [0, 0.1) is 11.8 Å². The predicted octanol–water partition coefficient (Wildman–Crippen LogP) is 5.64. The van der Waals surface area contributed by atoms with Crippen LogP contribution in [-0.4, -0.2) is 54.6 Å². The molecule has 4 rings (SSSR count). The fourth-order valence-corrected chi connectivity index (χ4v) is 5.62. The van der Waals surface area contributed by atoms with Gasteiger partial charge in [-0.3, -0.25) is 9.59 Å². The van der Waals surface area contributed by atoms with Crippen molar-refractivity contribution in [3.05, 3.63) is 65.7 Å². The number of hydrogen-bond acceptors (Lipinski definition) is 5. The molecule has 1 aliphatic carbocycles. The lowest BCUT2D eigenvalue weighted by atomic mass is 9.93. The third-order valence-corrected chi connectivity index (χ3v) is 8.10. The predicted molar refractivity (Wildman–Crippen MR) is 163 cm³/mol. The number of piperidine rings is 1. The molecule has 1 aliphatic heterocycles. The van der Waals surface area contributed by atoms with Gasteiger partial charge in [-0.2, -0.15) is 0 Å². The van der Waals surface area contributed by atoms with Crippen molar-refractivity contribution in [3.8, 4) is 5.75 Å². The molecule has 2 aliphatic rings. The summed E-state index contributed by atoms with van der Waals surface area (Å²) in [5, 5.41) is 6.24. The van der Waals surface area contributed by atoms with E-state index >= 15 is 0 Å². The second kappa shape index (κ2) is 16.2. The molecule has 1 heterocycles. The van der Waals surface area contributed by atoms with Crippen molar-refractivity contribution < 1.29 is 23.9 Å². The molecule has 2 aromatic carbocycles. The maximum atomic E-state index is 13.4. The first-order chi connectivity index (χ1) is 20.4. The van der Waals surface area contributed by atoms with Crippen LogP contribution in [0.2, 0.25) is 0 Å². The monoisotopic (exact) mass is 577 g/mol. The van der Waals surface area contributed by atoms with Crippen LogP contribution in [0.1, 0.15) is 76.3 Å². The van der Waals surface area contributed by atoms with E-state index in [2.05, 4.69) is 10.6 Å². The molecule has 3 amide bonds. The van der Waals surface area contributed by atoms with Gasteiger partial charge in [-0.1, -0.05) is 75.6 Å². The highest BCUT2D eigenvalue weighted by atomic mass is 16.6. The van der Waals surface area contributed by atoms with Crippen LogP contribution in [0.3, 0.4) is 0 Å². The topological polar surface area (TPSA) is 97.0 Å². The minimum atomic E-state index is -0.651. The van der Waals surface area contributed by atoms with Gasteiger partial charge in [-0.05, 0) is 60.8 Å². The molecule has 2 aromatic rings. The van der Waals surface area contributed by atoms with Crippen molar-refractivity contribution in [2.45, 2.75) is 90.3 Å². The van der Waals surface area contributed by atoms with Crippen LogP contribution in [0.4, 0.5) is 4.79 Å². The average Bonchev–Trinajstić information content (AvgIpc) is 3.00. The Hall–Kier alpha value is -3.55. The molecule has 2 N–H and O–H groups in total. The Kier molecular flexibility index (Phi) is 12.1. The third-order valence-electron chi connectivity index (χ3n) is 8.10. The molecule has 0 spiro atoms. The summed E-state index contributed by atoms with van der Waals surface area (Å²) in [4.78, 5) is 40.6. The SMILES string of the molecule is CC(C)COC(=O)N1CCC(CC(=O)N[C@@H](Cc2ccc(OCc3ccccc3)cc2)C(=O)NC2CCCCC2)CC1. The van der Waals surface area contributed by atoms with Gasteiger partial charge in [0.05, 0.1) is 6.61 Å². The minimum absolute atomic E-state index is 0.123. The molecule has 1 saturated heterocycles. The molecule has 8 heteroatoms. The van der Waals surface area contributed by atoms with Gasteiger partial charge in [-0.15, -0.1) is 0 Å². The number of carbonyl (C=O) groups excluding carboxylic acids is 3. The van der Waals surface area contributed by atoms with Gasteiger partial charge in [-0.25, -0.2) is 4.79 Å². The van der Waals surface area contributed by atoms with Crippen LogP contribution in [0.15, 0.2) is 54.6 Å². The highest BCUT2D eigenvalue weighted by molar-refractivity contribution is 5.88. The molecule has 8 nitrogen and oxygen atoms in total. The van der Waals surface area contributed by atoms with E-state index in [1.807, 2.05) is 68.4 Å². The molecule has 2 fully saturated rings. The van der Waals surface area contributed by atoms with Crippen LogP contribution in [-0.2, 0) is 27.4 Å². The quantitative estimate of drug-likeness (QED) is 0.341. The number of likely N-dealkylation sites (tertiary alicyclic amines) is 1. The molecule has 0 bridgehead atoms. The van der Waals surface area contributed by atoms with Gasteiger partial charge in [0.2, 0.25) is 11.8 Å². The number of benzene rings is 2. The second-order valence-corrected chi connectivity index (χ2v) is 12.2. The first-order valence-corrected chi connectivity index (χ1v) is 15.6. The lowest BCUT2D eigenvalue weighted by Gasteiger charge is -2.31. The number of amides is 3. The molecule has 0 radical (unpaired) electrons. The van der Waals surface area contributed by atoms with E-state index in [9.17, 15) is 14.4 Å². The molecule has 1 atom stereocenters. The summed E-state index contributed by atoms with van der Waals surface area (Å²) in [6.45, 7) is 6.09. The van der Waals surface area contributed by atoms with E-state index < -0.39 is 6.04 Å². The van der Waals surface area contributed by atoms with E-state index in [4.69, 9.17) is 9.47 Å². The lowest BCUT2D eigenvalue weighted by Crippen LogP contribution is -2.51. The van der Waals surface area contributed by atoms with Crippen molar-refractivity contribution in [1.82, 2.24) is 15.5 Å². The number of carbonyl (C=O) groups is 3. The van der Waals surface area contributed by atoms with Gasteiger partial charge in [0.15, 0.2) is 0 Å². The Labute approximate surface area is 250 Å². The number of hydrogen-bond donors (Lipinski definition) is 2. The summed E-state index contributed by atoms with van der Waals surface area (Å²) in [5.74, 6) is 0.977. The van der Waals surface area contributed by atoms with E-state index in [0.29, 0.717) is 45.1 Å². The van der Waals surface area contributed by atoms with Gasteiger partial charge in [0.25, 0.3) is 0 Å². The fraction of sp³-hybridized carbons (Fsp3) is 0.559. The molecule has 0 unspecified atom stereocenters. The molecule has 0 aromatic heterocycles. The summed E-state index contributed by atoms with van der Waals surface area (Å²) in [7, 11) is 0. The fourth-order valence-electron chi connectivity index (χ4n) is 5.62. The Bertz CT molecular complexity index is 1120. The van der Waals surface area contributed by atoms with Crippen LogP contribution < -0.4 is 15.4 Å². The van der Waals surface area contributed by atoms with Crippen molar-refractivity contribution in [3.63, 3.8) is 0 Å². The average molecular weight is 578 g/mol. The first kappa shape index (κ1) is 31.4. The summed E-state index contributed by atoms with van der Waals surface area (Å²) in [6, 6.07) is 17.3. The zero-order chi connectivity index (χ0) is 29.7. The van der Waals surface area contributed by atoms with Gasteiger partial charge in [0.1, 0.15) is 18.4 Å². The Morgan fingerprint density at radius 2 is 1.57 bits per heavy atom. The molecular formula is C34H47N3O5. The summed E-state index contributed by atoms with van der Waals surface area (Å²) in [5.41, 5.74) is 2.06. The molecular weight excluding hydrogens is 530 g/mol. The van der Waals surface area contributed by atoms with E-state index in [0.717, 1.165) is 55.4 Å². The zero-order valence-electron chi connectivity index (χ0n) is 25.2. The number of nitrogens with one attached hydrogen (secondary N) is 2.